The first-order valence-electron chi connectivity index (χ1n) is 19.5. The van der Waals surface area contributed by atoms with Crippen LogP contribution in [0.25, 0.3) is 111 Å². The number of hydrogen-bond acceptors (Lipinski definition) is 4. The molecule has 0 atom stereocenters. The SMILES string of the molecule is c1ccc(-c2ccc3ccc4ccc(-c5cccc(-c6ccc(-c7cccc(-c8ccc9ccc%10ccc(-c%11ccccc%11)nc%10c9n8)c7)cc6)c5)nc4c3n2)cc1. The highest BCUT2D eigenvalue weighted by atomic mass is 14.8. The number of benzene rings is 7. The monoisotopic (exact) mass is 738 g/mol. The molecule has 0 spiro atoms. The molecular formula is C54H34N4. The summed E-state index contributed by atoms with van der Waals surface area (Å²) in [6, 6.07) is 72.2. The fourth-order valence-electron chi connectivity index (χ4n) is 7.97. The van der Waals surface area contributed by atoms with E-state index in [4.69, 9.17) is 19.9 Å². The first-order valence-corrected chi connectivity index (χ1v) is 19.5. The van der Waals surface area contributed by atoms with Crippen LogP contribution in [0, 0.1) is 0 Å². The molecule has 4 heteroatoms. The summed E-state index contributed by atoms with van der Waals surface area (Å²) in [4.78, 5) is 20.6. The fourth-order valence-corrected chi connectivity index (χ4v) is 7.97. The lowest BCUT2D eigenvalue weighted by atomic mass is 9.97. The lowest BCUT2D eigenvalue weighted by Crippen LogP contribution is -1.91. The van der Waals surface area contributed by atoms with E-state index in [9.17, 15) is 0 Å². The van der Waals surface area contributed by atoms with Crippen molar-refractivity contribution in [3.63, 3.8) is 0 Å². The lowest BCUT2D eigenvalue weighted by Gasteiger charge is -2.10. The minimum atomic E-state index is 0.908. The molecule has 0 aliphatic carbocycles. The van der Waals surface area contributed by atoms with Gasteiger partial charge in [-0.05, 0) is 58.7 Å². The average molecular weight is 739 g/mol. The molecule has 58 heavy (non-hydrogen) atoms. The second kappa shape index (κ2) is 14.0. The molecule has 0 saturated carbocycles. The van der Waals surface area contributed by atoms with Crippen molar-refractivity contribution in [2.45, 2.75) is 0 Å². The topological polar surface area (TPSA) is 51.6 Å². The van der Waals surface area contributed by atoms with E-state index in [0.717, 1.165) is 111 Å². The van der Waals surface area contributed by atoms with E-state index in [0.29, 0.717) is 0 Å². The van der Waals surface area contributed by atoms with E-state index in [1.807, 2.05) is 36.4 Å². The van der Waals surface area contributed by atoms with Crippen molar-refractivity contribution in [1.29, 1.82) is 0 Å². The Hall–Kier alpha value is -7.82. The molecule has 11 aromatic rings. The van der Waals surface area contributed by atoms with Crippen molar-refractivity contribution in [3.8, 4) is 67.3 Å². The second-order valence-corrected chi connectivity index (χ2v) is 14.7. The number of pyridine rings is 4. The number of hydrogen-bond donors (Lipinski definition) is 0. The third-order valence-electron chi connectivity index (χ3n) is 11.0. The first-order chi connectivity index (χ1) is 28.7. The zero-order valence-corrected chi connectivity index (χ0v) is 31.4. The van der Waals surface area contributed by atoms with E-state index in [2.05, 4.69) is 170 Å². The summed E-state index contributed by atoms with van der Waals surface area (Å²) in [5, 5.41) is 4.30. The smallest absolute Gasteiger partial charge is 0.0972 e. The molecule has 4 aromatic heterocycles. The highest BCUT2D eigenvalue weighted by molar-refractivity contribution is 6.05. The first kappa shape index (κ1) is 33.5. The molecule has 0 unspecified atom stereocenters. The van der Waals surface area contributed by atoms with Crippen molar-refractivity contribution in [1.82, 2.24) is 19.9 Å². The molecular weight excluding hydrogens is 705 g/mol. The van der Waals surface area contributed by atoms with Gasteiger partial charge < -0.3 is 0 Å². The van der Waals surface area contributed by atoms with Crippen LogP contribution in [0.2, 0.25) is 0 Å². The molecule has 0 fully saturated rings. The predicted molar refractivity (Wildman–Crippen MR) is 240 cm³/mol. The van der Waals surface area contributed by atoms with Crippen LogP contribution in [0.1, 0.15) is 0 Å². The van der Waals surface area contributed by atoms with Crippen molar-refractivity contribution in [3.05, 3.63) is 206 Å². The van der Waals surface area contributed by atoms with Crippen LogP contribution in [0.3, 0.4) is 0 Å². The lowest BCUT2D eigenvalue weighted by molar-refractivity contribution is 1.36. The molecule has 4 nitrogen and oxygen atoms in total. The van der Waals surface area contributed by atoms with E-state index >= 15 is 0 Å². The quantitative estimate of drug-likeness (QED) is 0.159. The van der Waals surface area contributed by atoms with Gasteiger partial charge in [-0.2, -0.15) is 0 Å². The number of nitrogens with zero attached hydrogens (tertiary/aromatic N) is 4. The van der Waals surface area contributed by atoms with Crippen LogP contribution in [-0.4, -0.2) is 19.9 Å². The van der Waals surface area contributed by atoms with Gasteiger partial charge in [-0.15, -0.1) is 0 Å². The van der Waals surface area contributed by atoms with Gasteiger partial charge in [-0.3, -0.25) is 0 Å². The molecule has 0 aliphatic heterocycles. The van der Waals surface area contributed by atoms with Crippen molar-refractivity contribution < 1.29 is 0 Å². The van der Waals surface area contributed by atoms with Gasteiger partial charge in [0.2, 0.25) is 0 Å². The molecule has 0 N–H and O–H groups in total. The summed E-state index contributed by atoms with van der Waals surface area (Å²) in [5.41, 5.74) is 16.3. The van der Waals surface area contributed by atoms with Crippen molar-refractivity contribution >= 4 is 43.6 Å². The molecule has 0 saturated heterocycles. The minimum absolute atomic E-state index is 0.908. The maximum Gasteiger partial charge on any atom is 0.0972 e. The zero-order valence-electron chi connectivity index (χ0n) is 31.4. The highest BCUT2D eigenvalue weighted by Gasteiger charge is 2.12. The molecule has 0 aliphatic rings. The second-order valence-electron chi connectivity index (χ2n) is 14.7. The van der Waals surface area contributed by atoms with E-state index in [1.54, 1.807) is 0 Å². The molecule has 4 heterocycles. The third-order valence-corrected chi connectivity index (χ3v) is 11.0. The third kappa shape index (κ3) is 6.14. The summed E-state index contributed by atoms with van der Waals surface area (Å²) in [7, 11) is 0. The Bertz CT molecular complexity index is 3100. The van der Waals surface area contributed by atoms with Gasteiger partial charge in [0.05, 0.1) is 44.8 Å². The standard InChI is InChI=1S/C54H34N4/c1-3-9-37(10-4-1)47-29-25-39-21-23-41-27-31-49(57-53(41)51(39)55-47)45-15-7-13-43(33-45)35-17-19-36(20-18-35)44-14-8-16-46(34-44)50-32-28-42-24-22-40-26-30-48(38-11-5-2-6-12-38)56-52(40)54(42)58-50/h1-34H. The summed E-state index contributed by atoms with van der Waals surface area (Å²) in [5.74, 6) is 0. The molecule has 7 aromatic carbocycles. The fraction of sp³-hybridized carbons (Fsp3) is 0. The van der Waals surface area contributed by atoms with Gasteiger partial charge in [-0.25, -0.2) is 19.9 Å². The van der Waals surface area contributed by atoms with Gasteiger partial charge in [0.1, 0.15) is 0 Å². The van der Waals surface area contributed by atoms with Crippen LogP contribution < -0.4 is 0 Å². The van der Waals surface area contributed by atoms with Crippen molar-refractivity contribution in [2.75, 3.05) is 0 Å². The highest BCUT2D eigenvalue weighted by Crippen LogP contribution is 2.34. The van der Waals surface area contributed by atoms with Crippen LogP contribution >= 0.6 is 0 Å². The normalized spacial score (nSPS) is 11.4. The van der Waals surface area contributed by atoms with Gasteiger partial charge in [0.25, 0.3) is 0 Å². The summed E-state index contributed by atoms with van der Waals surface area (Å²) >= 11 is 0. The number of aromatic nitrogens is 4. The van der Waals surface area contributed by atoms with E-state index < -0.39 is 0 Å². The zero-order chi connectivity index (χ0) is 38.4. The average Bonchev–Trinajstić information content (AvgIpc) is 3.31. The van der Waals surface area contributed by atoms with Crippen LogP contribution in [0.5, 0.6) is 0 Å². The van der Waals surface area contributed by atoms with Crippen molar-refractivity contribution in [2.24, 2.45) is 0 Å². The molecule has 0 amide bonds. The van der Waals surface area contributed by atoms with Crippen LogP contribution in [0.4, 0.5) is 0 Å². The van der Waals surface area contributed by atoms with E-state index in [1.165, 1.54) is 0 Å². The molecule has 11 rings (SSSR count). The van der Waals surface area contributed by atoms with Crippen LogP contribution in [0.15, 0.2) is 206 Å². The van der Waals surface area contributed by atoms with Crippen LogP contribution in [-0.2, 0) is 0 Å². The Labute approximate surface area is 335 Å². The predicted octanol–water partition coefficient (Wildman–Crippen LogP) is 13.9. The summed E-state index contributed by atoms with van der Waals surface area (Å²) in [6.45, 7) is 0. The Morgan fingerprint density at radius 2 is 0.466 bits per heavy atom. The number of fused-ring (bicyclic) bond motifs is 6. The molecule has 270 valence electrons. The summed E-state index contributed by atoms with van der Waals surface area (Å²) in [6.07, 6.45) is 0. The summed E-state index contributed by atoms with van der Waals surface area (Å²) < 4.78 is 0. The van der Waals surface area contributed by atoms with Gasteiger partial charge in [0, 0.05) is 43.8 Å². The molecule has 0 bridgehead atoms. The number of rotatable bonds is 6. The maximum absolute atomic E-state index is 5.21. The maximum atomic E-state index is 5.21. The Morgan fingerprint density at radius 1 is 0.190 bits per heavy atom. The van der Waals surface area contributed by atoms with Gasteiger partial charge in [0.15, 0.2) is 0 Å². The van der Waals surface area contributed by atoms with Gasteiger partial charge in [-0.1, -0.05) is 170 Å². The Balaban J connectivity index is 0.894. The largest absolute Gasteiger partial charge is 0.245 e. The van der Waals surface area contributed by atoms with Gasteiger partial charge >= 0.3 is 0 Å². The molecule has 0 radical (unpaired) electrons. The minimum Gasteiger partial charge on any atom is -0.245 e. The Kier molecular flexibility index (Phi) is 8.11. The van der Waals surface area contributed by atoms with E-state index in [-0.39, 0.29) is 0 Å². The Morgan fingerprint density at radius 3 is 0.810 bits per heavy atom.